The number of aromatic hydroxyl groups is 1. The molecule has 0 aliphatic carbocycles. The van der Waals surface area contributed by atoms with Crippen molar-refractivity contribution in [1.82, 2.24) is 0 Å². The zero-order valence-electron chi connectivity index (χ0n) is 19.2. The van der Waals surface area contributed by atoms with Gasteiger partial charge in [0.1, 0.15) is 5.75 Å². The topological polar surface area (TPSA) is 113 Å². The number of nitrogens with one attached hydrogen (secondary N) is 2. The third-order valence-electron chi connectivity index (χ3n) is 4.95. The molecule has 0 aliphatic heterocycles. The van der Waals surface area contributed by atoms with Crippen molar-refractivity contribution in [2.24, 2.45) is 5.92 Å². The number of carbonyl (C=O) groups excluding carboxylic acids is 2. The second-order valence-corrected chi connectivity index (χ2v) is 10.7. The Hall–Kier alpha value is -3.64. The molecule has 0 aromatic heterocycles. The first kappa shape index (κ1) is 27.9. The van der Waals surface area contributed by atoms with Crippen molar-refractivity contribution in [2.75, 3.05) is 16.4 Å². The number of rotatable bonds is 7. The second-order valence-electron chi connectivity index (χ2n) is 8.28. The third kappa shape index (κ3) is 6.03. The molecular formula is C24H19ClF4N2O5S. The molecule has 2 amide bonds. The van der Waals surface area contributed by atoms with Crippen molar-refractivity contribution in [1.29, 1.82) is 0 Å². The summed E-state index contributed by atoms with van der Waals surface area (Å²) in [6.45, 7) is 3.41. The van der Waals surface area contributed by atoms with E-state index in [-0.39, 0.29) is 44.6 Å². The predicted octanol–water partition coefficient (Wildman–Crippen LogP) is 5.54. The van der Waals surface area contributed by atoms with Crippen LogP contribution in [0.1, 0.15) is 34.6 Å². The minimum atomic E-state index is -3.81. The molecule has 0 aliphatic rings. The zero-order valence-corrected chi connectivity index (χ0v) is 20.8. The summed E-state index contributed by atoms with van der Waals surface area (Å²) in [7, 11) is -3.81. The lowest BCUT2D eigenvalue weighted by Crippen LogP contribution is -2.19. The lowest BCUT2D eigenvalue weighted by atomic mass is 10.1. The fourth-order valence-corrected chi connectivity index (χ4v) is 5.38. The molecule has 0 fully saturated rings. The number of halogens is 5. The molecule has 3 aromatic carbocycles. The Morgan fingerprint density at radius 3 is 2.14 bits per heavy atom. The van der Waals surface area contributed by atoms with E-state index in [0.717, 1.165) is 12.1 Å². The summed E-state index contributed by atoms with van der Waals surface area (Å²) < 4.78 is 79.4. The van der Waals surface area contributed by atoms with Crippen LogP contribution < -0.4 is 10.6 Å². The molecule has 3 N–H and O–H groups in total. The molecule has 13 heteroatoms. The van der Waals surface area contributed by atoms with Crippen molar-refractivity contribution in [2.45, 2.75) is 18.7 Å². The molecule has 3 aromatic rings. The van der Waals surface area contributed by atoms with Gasteiger partial charge in [-0.1, -0.05) is 37.6 Å². The fourth-order valence-electron chi connectivity index (χ4n) is 3.33. The zero-order chi connectivity index (χ0) is 27.7. The van der Waals surface area contributed by atoms with Crippen molar-refractivity contribution < 1.29 is 40.7 Å². The first-order chi connectivity index (χ1) is 17.2. The number of anilines is 2. The van der Waals surface area contributed by atoms with E-state index in [1.807, 2.05) is 5.32 Å². The molecule has 0 bridgehead atoms. The Balaban J connectivity index is 1.88. The predicted molar refractivity (Wildman–Crippen MR) is 129 cm³/mol. The molecule has 0 heterocycles. The van der Waals surface area contributed by atoms with Crippen molar-refractivity contribution in [3.05, 3.63) is 81.9 Å². The summed E-state index contributed by atoms with van der Waals surface area (Å²) in [6, 6.07) is 7.47. The smallest absolute Gasteiger partial charge is 0.258 e. The molecule has 3 rings (SSSR count). The van der Waals surface area contributed by atoms with E-state index in [1.165, 1.54) is 24.3 Å². The Bertz CT molecular complexity index is 1510. The molecule has 0 unspecified atom stereocenters. The number of phenolic OH excluding ortho intramolecular Hbond substituents is 1. The minimum absolute atomic E-state index is 0.149. The Morgan fingerprint density at radius 1 is 0.892 bits per heavy atom. The van der Waals surface area contributed by atoms with Crippen LogP contribution in [0.15, 0.2) is 47.4 Å². The number of phenols is 1. The first-order valence-corrected chi connectivity index (χ1v) is 12.6. The summed E-state index contributed by atoms with van der Waals surface area (Å²) in [6.07, 6.45) is 0. The minimum Gasteiger partial charge on any atom is -0.506 e. The highest BCUT2D eigenvalue weighted by Gasteiger charge is 2.26. The second kappa shape index (κ2) is 10.8. The van der Waals surface area contributed by atoms with Gasteiger partial charge in [0.15, 0.2) is 33.1 Å². The molecule has 0 saturated heterocycles. The number of benzene rings is 3. The quantitative estimate of drug-likeness (QED) is 0.153. The summed E-state index contributed by atoms with van der Waals surface area (Å²) in [5, 5.41) is 14.4. The Morgan fingerprint density at radius 2 is 1.49 bits per heavy atom. The summed E-state index contributed by atoms with van der Waals surface area (Å²) in [5.41, 5.74) is -1.96. The summed E-state index contributed by atoms with van der Waals surface area (Å²) >= 11 is 6.08. The van der Waals surface area contributed by atoms with Crippen molar-refractivity contribution in [3.8, 4) is 5.75 Å². The monoisotopic (exact) mass is 558 g/mol. The highest BCUT2D eigenvalue weighted by molar-refractivity contribution is 7.91. The van der Waals surface area contributed by atoms with Crippen LogP contribution in [0.3, 0.4) is 0 Å². The number of carbonyl (C=O) groups is 2. The molecule has 0 saturated carbocycles. The highest BCUT2D eigenvalue weighted by atomic mass is 35.5. The van der Waals surface area contributed by atoms with E-state index in [9.17, 15) is 40.7 Å². The van der Waals surface area contributed by atoms with E-state index in [0.29, 0.717) is 0 Å². The Labute approximate surface area is 214 Å². The molecule has 7 nitrogen and oxygen atoms in total. The van der Waals surface area contributed by atoms with E-state index < -0.39 is 56.2 Å². The fraction of sp³-hybridized carbons (Fsp3) is 0.167. The van der Waals surface area contributed by atoms with E-state index in [4.69, 9.17) is 11.6 Å². The maximum absolute atomic E-state index is 13.9. The van der Waals surface area contributed by atoms with E-state index >= 15 is 0 Å². The number of hydrogen-bond acceptors (Lipinski definition) is 5. The van der Waals surface area contributed by atoms with Crippen molar-refractivity contribution in [3.63, 3.8) is 0 Å². The van der Waals surface area contributed by atoms with Gasteiger partial charge in [0.25, 0.3) is 11.8 Å². The molecule has 196 valence electrons. The maximum Gasteiger partial charge on any atom is 0.258 e. The van der Waals surface area contributed by atoms with Crippen LogP contribution in [0, 0.1) is 29.2 Å². The highest BCUT2D eigenvalue weighted by Crippen LogP contribution is 2.35. The van der Waals surface area contributed by atoms with Crippen LogP contribution in [0.5, 0.6) is 5.75 Å². The number of amides is 2. The van der Waals surface area contributed by atoms with Crippen LogP contribution in [-0.4, -0.2) is 31.1 Å². The van der Waals surface area contributed by atoms with Gasteiger partial charge in [0.05, 0.1) is 38.2 Å². The van der Waals surface area contributed by atoms with Gasteiger partial charge in [-0.25, -0.2) is 26.0 Å². The van der Waals surface area contributed by atoms with Gasteiger partial charge in [-0.3, -0.25) is 9.59 Å². The molecular weight excluding hydrogens is 540 g/mol. The van der Waals surface area contributed by atoms with Crippen LogP contribution in [0.4, 0.5) is 28.9 Å². The number of sulfone groups is 1. The average Bonchev–Trinajstić information content (AvgIpc) is 2.82. The van der Waals surface area contributed by atoms with E-state index in [1.54, 1.807) is 13.8 Å². The summed E-state index contributed by atoms with van der Waals surface area (Å²) in [5.74, 6) is -11.4. The van der Waals surface area contributed by atoms with Gasteiger partial charge >= 0.3 is 0 Å². The van der Waals surface area contributed by atoms with Gasteiger partial charge in [0, 0.05) is 6.07 Å². The van der Waals surface area contributed by atoms with Gasteiger partial charge in [-0.2, -0.15) is 0 Å². The van der Waals surface area contributed by atoms with Crippen LogP contribution in [-0.2, 0) is 9.84 Å². The lowest BCUT2D eigenvalue weighted by Gasteiger charge is -2.15. The Kier molecular flexibility index (Phi) is 8.13. The van der Waals surface area contributed by atoms with Crippen LogP contribution >= 0.6 is 11.6 Å². The largest absolute Gasteiger partial charge is 0.506 e. The summed E-state index contributed by atoms with van der Waals surface area (Å²) in [4.78, 5) is 24.9. The molecule has 0 radical (unpaired) electrons. The lowest BCUT2D eigenvalue weighted by molar-refractivity contribution is 0.101. The van der Waals surface area contributed by atoms with E-state index in [2.05, 4.69) is 5.32 Å². The number of hydrogen-bond donors (Lipinski definition) is 3. The van der Waals surface area contributed by atoms with Gasteiger partial charge < -0.3 is 15.7 Å². The normalized spacial score (nSPS) is 11.5. The molecule has 0 spiro atoms. The average molecular weight is 559 g/mol. The van der Waals surface area contributed by atoms with Gasteiger partial charge in [-0.15, -0.1) is 0 Å². The van der Waals surface area contributed by atoms with Crippen LogP contribution in [0.2, 0.25) is 5.02 Å². The van der Waals surface area contributed by atoms with Crippen molar-refractivity contribution >= 4 is 44.6 Å². The molecule has 37 heavy (non-hydrogen) atoms. The SMILES string of the molecule is CC(C)CS(=O)(=O)c1ccccc1C(=O)Nc1cc(Cl)c(NC(=O)c2cc(F)c(F)c(F)c2F)cc1O. The van der Waals surface area contributed by atoms with Gasteiger partial charge in [0.2, 0.25) is 0 Å². The molecule has 0 atom stereocenters. The van der Waals surface area contributed by atoms with Gasteiger partial charge in [-0.05, 0) is 30.2 Å². The third-order valence-corrected chi connectivity index (χ3v) is 7.39. The maximum atomic E-state index is 13.9. The first-order valence-electron chi connectivity index (χ1n) is 10.5. The van der Waals surface area contributed by atoms with Crippen LogP contribution in [0.25, 0.3) is 0 Å². The standard InChI is InChI=1S/C24H19ClF4N2O5S/c1-11(2)10-37(35,36)19-6-4-3-5-12(19)23(33)31-17-8-14(25)16(9-18(17)32)30-24(34)13-7-15(26)21(28)22(29)20(13)27/h3-9,11,32H,10H2,1-2H3,(H,30,34)(H,31,33).